The second kappa shape index (κ2) is 8.17. The van der Waals surface area contributed by atoms with Crippen LogP contribution >= 0.6 is 0 Å². The molecule has 0 aliphatic carbocycles. The van der Waals surface area contributed by atoms with Gasteiger partial charge in [0.1, 0.15) is 5.75 Å². The summed E-state index contributed by atoms with van der Waals surface area (Å²) in [6.45, 7) is 2.33. The van der Waals surface area contributed by atoms with Crippen molar-refractivity contribution in [1.29, 1.82) is 0 Å². The minimum atomic E-state index is -0.219. The largest absolute Gasteiger partial charge is 0.484 e. The first kappa shape index (κ1) is 15.1. The maximum atomic E-state index is 11.3. The SMILES string of the molecule is C#CCNC(=O)COc1ccc(C(CC)NC)cc1. The van der Waals surface area contributed by atoms with E-state index in [9.17, 15) is 4.79 Å². The number of hydrogen-bond acceptors (Lipinski definition) is 3. The van der Waals surface area contributed by atoms with Crippen LogP contribution in [0.1, 0.15) is 24.9 Å². The van der Waals surface area contributed by atoms with Crippen LogP contribution in [-0.4, -0.2) is 26.1 Å². The highest BCUT2D eigenvalue weighted by Gasteiger charge is 2.06. The van der Waals surface area contributed by atoms with Crippen LogP contribution in [-0.2, 0) is 4.79 Å². The van der Waals surface area contributed by atoms with Crippen molar-refractivity contribution in [3.8, 4) is 18.1 Å². The third kappa shape index (κ3) is 5.02. The maximum Gasteiger partial charge on any atom is 0.258 e. The molecule has 0 saturated carbocycles. The second-order valence-electron chi connectivity index (χ2n) is 4.09. The molecule has 0 spiro atoms. The molecule has 1 atom stereocenters. The summed E-state index contributed by atoms with van der Waals surface area (Å²) in [4.78, 5) is 11.3. The number of hydrogen-bond donors (Lipinski definition) is 2. The quantitative estimate of drug-likeness (QED) is 0.730. The fourth-order valence-corrected chi connectivity index (χ4v) is 1.75. The average molecular weight is 260 g/mol. The van der Waals surface area contributed by atoms with Crippen molar-refractivity contribution >= 4 is 5.91 Å². The Morgan fingerprint density at radius 2 is 2.11 bits per heavy atom. The molecule has 4 nitrogen and oxygen atoms in total. The van der Waals surface area contributed by atoms with Gasteiger partial charge in [-0.2, -0.15) is 0 Å². The van der Waals surface area contributed by atoms with Crippen molar-refractivity contribution in [2.75, 3.05) is 20.2 Å². The van der Waals surface area contributed by atoms with Gasteiger partial charge in [0.05, 0.1) is 6.54 Å². The van der Waals surface area contributed by atoms with Gasteiger partial charge in [-0.15, -0.1) is 6.42 Å². The molecule has 1 unspecified atom stereocenters. The summed E-state index contributed by atoms with van der Waals surface area (Å²) in [5.41, 5.74) is 1.20. The third-order valence-corrected chi connectivity index (χ3v) is 2.80. The van der Waals surface area contributed by atoms with E-state index in [0.29, 0.717) is 11.8 Å². The highest BCUT2D eigenvalue weighted by atomic mass is 16.5. The number of carbonyl (C=O) groups excluding carboxylic acids is 1. The number of ether oxygens (including phenoxy) is 1. The molecule has 0 bridgehead atoms. The van der Waals surface area contributed by atoms with Crippen molar-refractivity contribution in [1.82, 2.24) is 10.6 Å². The number of nitrogens with one attached hydrogen (secondary N) is 2. The Balaban J connectivity index is 2.48. The Labute approximate surface area is 114 Å². The van der Waals surface area contributed by atoms with Gasteiger partial charge in [-0.25, -0.2) is 0 Å². The maximum absolute atomic E-state index is 11.3. The lowest BCUT2D eigenvalue weighted by atomic mass is 10.1. The van der Waals surface area contributed by atoms with E-state index in [1.807, 2.05) is 31.3 Å². The third-order valence-electron chi connectivity index (χ3n) is 2.80. The van der Waals surface area contributed by atoms with Gasteiger partial charge in [0.25, 0.3) is 5.91 Å². The molecule has 0 saturated heterocycles. The Morgan fingerprint density at radius 1 is 1.42 bits per heavy atom. The normalized spacial score (nSPS) is 11.4. The van der Waals surface area contributed by atoms with Crippen molar-refractivity contribution in [3.05, 3.63) is 29.8 Å². The van der Waals surface area contributed by atoms with Gasteiger partial charge in [-0.1, -0.05) is 25.0 Å². The molecule has 2 N–H and O–H groups in total. The average Bonchev–Trinajstić information content (AvgIpc) is 2.45. The molecular formula is C15H20N2O2. The summed E-state index contributed by atoms with van der Waals surface area (Å²) in [6.07, 6.45) is 6.06. The molecule has 0 radical (unpaired) electrons. The van der Waals surface area contributed by atoms with Gasteiger partial charge < -0.3 is 15.4 Å². The topological polar surface area (TPSA) is 50.4 Å². The van der Waals surface area contributed by atoms with Gasteiger partial charge in [0.2, 0.25) is 0 Å². The Bertz CT molecular complexity index is 430. The first-order valence-electron chi connectivity index (χ1n) is 6.31. The van der Waals surface area contributed by atoms with Crippen LogP contribution in [0.25, 0.3) is 0 Å². The second-order valence-corrected chi connectivity index (χ2v) is 4.09. The minimum absolute atomic E-state index is 0.0236. The molecule has 0 aromatic heterocycles. The predicted molar refractivity (Wildman–Crippen MR) is 75.9 cm³/mol. The molecule has 1 aromatic rings. The first-order valence-corrected chi connectivity index (χ1v) is 6.31. The summed E-state index contributed by atoms with van der Waals surface area (Å²) in [5.74, 6) is 2.79. The molecule has 0 aliphatic heterocycles. The zero-order chi connectivity index (χ0) is 14.1. The van der Waals surface area contributed by atoms with E-state index in [4.69, 9.17) is 11.2 Å². The summed E-state index contributed by atoms with van der Waals surface area (Å²) in [5, 5.41) is 5.78. The fourth-order valence-electron chi connectivity index (χ4n) is 1.75. The molecule has 19 heavy (non-hydrogen) atoms. The Hall–Kier alpha value is -1.99. The van der Waals surface area contributed by atoms with E-state index in [2.05, 4.69) is 23.5 Å². The standard InChI is InChI=1S/C15H20N2O2/c1-4-10-17-15(18)11-19-13-8-6-12(7-9-13)14(5-2)16-3/h1,6-9,14,16H,5,10-11H2,2-3H3,(H,17,18). The minimum Gasteiger partial charge on any atom is -0.484 e. The number of amides is 1. The molecule has 0 heterocycles. The summed E-state index contributed by atoms with van der Waals surface area (Å²) < 4.78 is 5.37. The van der Waals surface area contributed by atoms with Crippen LogP contribution < -0.4 is 15.4 Å². The Morgan fingerprint density at radius 3 is 2.63 bits per heavy atom. The molecule has 1 aromatic carbocycles. The lowest BCUT2D eigenvalue weighted by Gasteiger charge is -2.14. The van der Waals surface area contributed by atoms with Crippen molar-refractivity contribution in [2.24, 2.45) is 0 Å². The summed E-state index contributed by atoms with van der Waals surface area (Å²) in [6, 6.07) is 8.07. The molecule has 102 valence electrons. The molecule has 0 aliphatic rings. The monoisotopic (exact) mass is 260 g/mol. The fraction of sp³-hybridized carbons (Fsp3) is 0.400. The van der Waals surface area contributed by atoms with Crippen LogP contribution in [0.15, 0.2) is 24.3 Å². The first-order chi connectivity index (χ1) is 9.21. The van der Waals surface area contributed by atoms with E-state index in [0.717, 1.165) is 6.42 Å². The zero-order valence-electron chi connectivity index (χ0n) is 11.4. The smallest absolute Gasteiger partial charge is 0.258 e. The van der Waals surface area contributed by atoms with E-state index in [-0.39, 0.29) is 19.1 Å². The van der Waals surface area contributed by atoms with Crippen molar-refractivity contribution in [2.45, 2.75) is 19.4 Å². The van der Waals surface area contributed by atoms with Gasteiger partial charge in [-0.3, -0.25) is 4.79 Å². The number of rotatable bonds is 7. The number of carbonyl (C=O) groups is 1. The van der Waals surface area contributed by atoms with Crippen LogP contribution in [0, 0.1) is 12.3 Å². The van der Waals surface area contributed by atoms with Gasteiger partial charge in [-0.05, 0) is 31.2 Å². The van der Waals surface area contributed by atoms with Crippen molar-refractivity contribution in [3.63, 3.8) is 0 Å². The van der Waals surface area contributed by atoms with Crippen molar-refractivity contribution < 1.29 is 9.53 Å². The van der Waals surface area contributed by atoms with Crippen LogP contribution in [0.5, 0.6) is 5.75 Å². The van der Waals surface area contributed by atoms with E-state index in [1.54, 1.807) is 0 Å². The molecule has 4 heteroatoms. The highest BCUT2D eigenvalue weighted by Crippen LogP contribution is 2.19. The van der Waals surface area contributed by atoms with Gasteiger partial charge in [0, 0.05) is 6.04 Å². The van der Waals surface area contributed by atoms with Gasteiger partial charge in [0.15, 0.2) is 6.61 Å². The predicted octanol–water partition coefficient (Wildman–Crippen LogP) is 1.49. The van der Waals surface area contributed by atoms with E-state index in [1.165, 1.54) is 5.56 Å². The lowest BCUT2D eigenvalue weighted by molar-refractivity contribution is -0.122. The van der Waals surface area contributed by atoms with Gasteiger partial charge >= 0.3 is 0 Å². The number of benzene rings is 1. The van der Waals surface area contributed by atoms with E-state index < -0.39 is 0 Å². The molecule has 1 amide bonds. The molecule has 0 fully saturated rings. The number of terminal acetylenes is 1. The van der Waals surface area contributed by atoms with E-state index >= 15 is 0 Å². The summed E-state index contributed by atoms with van der Waals surface area (Å²) >= 11 is 0. The lowest BCUT2D eigenvalue weighted by Crippen LogP contribution is -2.29. The van der Waals surface area contributed by atoms with Crippen LogP contribution in [0.4, 0.5) is 0 Å². The molecular weight excluding hydrogens is 240 g/mol. The molecule has 1 rings (SSSR count). The van der Waals surface area contributed by atoms with Crippen LogP contribution in [0.3, 0.4) is 0 Å². The zero-order valence-corrected chi connectivity index (χ0v) is 11.4. The highest BCUT2D eigenvalue weighted by molar-refractivity contribution is 5.77. The van der Waals surface area contributed by atoms with Crippen LogP contribution in [0.2, 0.25) is 0 Å². The Kier molecular flexibility index (Phi) is 6.48. The summed E-state index contributed by atoms with van der Waals surface area (Å²) in [7, 11) is 1.94.